The van der Waals surface area contributed by atoms with Gasteiger partial charge in [0.2, 0.25) is 10.0 Å². The minimum absolute atomic E-state index is 0.226. The largest absolute Gasteiger partial charge is 0.395 e. The highest BCUT2D eigenvalue weighted by Crippen LogP contribution is 2.05. The standard InChI is InChI=1S/C8H13NO3S2/c10-4-6-14(11,12)9-3-1-8-2-5-13-7-8/h2,5,7,9-10H,1,3-4,6H2. The molecular formula is C8H13NO3S2. The van der Waals surface area contributed by atoms with E-state index < -0.39 is 10.0 Å². The molecule has 0 atom stereocenters. The molecule has 0 saturated heterocycles. The van der Waals surface area contributed by atoms with Gasteiger partial charge >= 0.3 is 0 Å². The van der Waals surface area contributed by atoms with E-state index in [0.717, 1.165) is 5.56 Å². The maximum Gasteiger partial charge on any atom is 0.213 e. The lowest BCUT2D eigenvalue weighted by Gasteiger charge is -2.03. The molecule has 1 heterocycles. The zero-order chi connectivity index (χ0) is 10.4. The van der Waals surface area contributed by atoms with Crippen molar-refractivity contribution in [3.63, 3.8) is 0 Å². The van der Waals surface area contributed by atoms with E-state index in [1.807, 2.05) is 16.8 Å². The van der Waals surface area contributed by atoms with Gasteiger partial charge in [-0.2, -0.15) is 11.3 Å². The third-order valence-electron chi connectivity index (χ3n) is 1.68. The van der Waals surface area contributed by atoms with E-state index in [-0.39, 0.29) is 12.4 Å². The van der Waals surface area contributed by atoms with Gasteiger partial charge in [-0.05, 0) is 28.8 Å². The van der Waals surface area contributed by atoms with Crippen molar-refractivity contribution >= 4 is 21.4 Å². The second-order valence-corrected chi connectivity index (χ2v) is 5.52. The predicted molar refractivity (Wildman–Crippen MR) is 56.9 cm³/mol. The van der Waals surface area contributed by atoms with Gasteiger partial charge in [-0.1, -0.05) is 0 Å². The van der Waals surface area contributed by atoms with Crippen molar-refractivity contribution in [2.45, 2.75) is 6.42 Å². The van der Waals surface area contributed by atoms with Crippen molar-refractivity contribution in [3.05, 3.63) is 22.4 Å². The molecule has 0 aliphatic carbocycles. The first-order chi connectivity index (χ1) is 6.64. The van der Waals surface area contributed by atoms with Crippen molar-refractivity contribution < 1.29 is 13.5 Å². The summed E-state index contributed by atoms with van der Waals surface area (Å²) in [6, 6.07) is 1.96. The molecule has 0 amide bonds. The van der Waals surface area contributed by atoms with Crippen LogP contribution in [0.2, 0.25) is 0 Å². The third kappa shape index (κ3) is 4.19. The number of hydrogen-bond acceptors (Lipinski definition) is 4. The number of rotatable bonds is 6. The molecule has 0 aromatic carbocycles. The lowest BCUT2D eigenvalue weighted by Crippen LogP contribution is -2.29. The van der Waals surface area contributed by atoms with Crippen LogP contribution in [0.1, 0.15) is 5.56 Å². The average molecular weight is 235 g/mol. The van der Waals surface area contributed by atoms with Gasteiger partial charge in [0, 0.05) is 6.54 Å². The van der Waals surface area contributed by atoms with Crippen LogP contribution in [0.25, 0.3) is 0 Å². The Kier molecular flexibility index (Phi) is 4.53. The quantitative estimate of drug-likeness (QED) is 0.740. The first-order valence-electron chi connectivity index (χ1n) is 4.23. The monoisotopic (exact) mass is 235 g/mol. The molecule has 2 N–H and O–H groups in total. The van der Waals surface area contributed by atoms with Crippen molar-refractivity contribution in [2.24, 2.45) is 0 Å². The van der Waals surface area contributed by atoms with Gasteiger partial charge in [0.25, 0.3) is 0 Å². The second-order valence-electron chi connectivity index (χ2n) is 2.82. The van der Waals surface area contributed by atoms with E-state index >= 15 is 0 Å². The van der Waals surface area contributed by atoms with Crippen LogP contribution >= 0.6 is 11.3 Å². The summed E-state index contributed by atoms with van der Waals surface area (Å²) in [5.74, 6) is -0.226. The minimum atomic E-state index is -3.28. The van der Waals surface area contributed by atoms with Crippen LogP contribution in [0, 0.1) is 0 Å². The predicted octanol–water partition coefficient (Wildman–Crippen LogP) is 0.202. The first kappa shape index (κ1) is 11.6. The summed E-state index contributed by atoms with van der Waals surface area (Å²) >= 11 is 1.59. The van der Waals surface area contributed by atoms with E-state index in [1.54, 1.807) is 11.3 Å². The molecule has 14 heavy (non-hydrogen) atoms. The SMILES string of the molecule is O=S(=O)(CCO)NCCc1ccsc1. The lowest BCUT2D eigenvalue weighted by atomic mass is 10.2. The van der Waals surface area contributed by atoms with Gasteiger partial charge < -0.3 is 5.11 Å². The van der Waals surface area contributed by atoms with Crippen molar-refractivity contribution in [1.29, 1.82) is 0 Å². The Bertz CT molecular complexity index is 345. The number of aliphatic hydroxyl groups is 1. The molecule has 0 saturated carbocycles. The average Bonchev–Trinajstić information content (AvgIpc) is 2.56. The normalized spacial score (nSPS) is 11.8. The summed E-state index contributed by atoms with van der Waals surface area (Å²) in [6.45, 7) is 0.0485. The summed E-state index contributed by atoms with van der Waals surface area (Å²) in [6.07, 6.45) is 0.689. The number of thiophene rings is 1. The van der Waals surface area contributed by atoms with Crippen molar-refractivity contribution in [1.82, 2.24) is 4.72 Å². The minimum Gasteiger partial charge on any atom is -0.395 e. The van der Waals surface area contributed by atoms with Crippen LogP contribution in [-0.2, 0) is 16.4 Å². The Morgan fingerprint density at radius 1 is 1.50 bits per heavy atom. The number of sulfonamides is 1. The van der Waals surface area contributed by atoms with E-state index in [9.17, 15) is 8.42 Å². The Morgan fingerprint density at radius 3 is 2.86 bits per heavy atom. The fourth-order valence-electron chi connectivity index (χ4n) is 0.978. The molecule has 4 nitrogen and oxygen atoms in total. The van der Waals surface area contributed by atoms with Gasteiger partial charge in [-0.15, -0.1) is 0 Å². The zero-order valence-electron chi connectivity index (χ0n) is 7.64. The summed E-state index contributed by atoms with van der Waals surface area (Å²) in [4.78, 5) is 0. The van der Waals surface area contributed by atoms with Crippen LogP contribution in [0.5, 0.6) is 0 Å². The molecule has 6 heteroatoms. The Labute approximate surface area is 87.6 Å². The summed E-state index contributed by atoms with van der Waals surface area (Å²) in [7, 11) is -3.28. The highest BCUT2D eigenvalue weighted by Gasteiger charge is 2.07. The molecule has 0 fully saturated rings. The first-order valence-corrected chi connectivity index (χ1v) is 6.83. The molecule has 1 aromatic rings. The molecule has 0 aliphatic rings. The van der Waals surface area contributed by atoms with Crippen molar-refractivity contribution in [3.8, 4) is 0 Å². The van der Waals surface area contributed by atoms with E-state index in [1.165, 1.54) is 0 Å². The van der Waals surface area contributed by atoms with Crippen LogP contribution in [0.4, 0.5) is 0 Å². The number of aliphatic hydroxyl groups excluding tert-OH is 1. The van der Waals surface area contributed by atoms with Crippen LogP contribution < -0.4 is 4.72 Å². The lowest BCUT2D eigenvalue weighted by molar-refractivity contribution is 0.319. The maximum absolute atomic E-state index is 11.1. The van der Waals surface area contributed by atoms with Crippen molar-refractivity contribution in [2.75, 3.05) is 18.9 Å². The van der Waals surface area contributed by atoms with Gasteiger partial charge in [0.1, 0.15) is 0 Å². The van der Waals surface area contributed by atoms with Gasteiger partial charge in [-0.3, -0.25) is 0 Å². The van der Waals surface area contributed by atoms with Gasteiger partial charge in [0.15, 0.2) is 0 Å². The number of hydrogen-bond donors (Lipinski definition) is 2. The Hall–Kier alpha value is -0.430. The molecule has 0 aliphatic heterocycles. The summed E-state index contributed by atoms with van der Waals surface area (Å²) < 4.78 is 24.6. The molecule has 0 bridgehead atoms. The van der Waals surface area contributed by atoms with E-state index in [0.29, 0.717) is 13.0 Å². The third-order valence-corrected chi connectivity index (χ3v) is 3.77. The highest BCUT2D eigenvalue weighted by atomic mass is 32.2. The van der Waals surface area contributed by atoms with E-state index in [2.05, 4.69) is 4.72 Å². The van der Waals surface area contributed by atoms with Gasteiger partial charge in [-0.25, -0.2) is 13.1 Å². The van der Waals surface area contributed by atoms with Crippen LogP contribution in [0.3, 0.4) is 0 Å². The smallest absolute Gasteiger partial charge is 0.213 e. The Morgan fingerprint density at radius 2 is 2.29 bits per heavy atom. The zero-order valence-corrected chi connectivity index (χ0v) is 9.27. The fourth-order valence-corrected chi connectivity index (χ4v) is 2.48. The molecule has 0 radical (unpaired) electrons. The second kappa shape index (κ2) is 5.45. The van der Waals surface area contributed by atoms with Crippen LogP contribution in [0.15, 0.2) is 16.8 Å². The fraction of sp³-hybridized carbons (Fsp3) is 0.500. The summed E-state index contributed by atoms with van der Waals surface area (Å²) in [5, 5.41) is 12.4. The topological polar surface area (TPSA) is 66.4 Å². The van der Waals surface area contributed by atoms with Crippen LogP contribution in [-0.4, -0.2) is 32.4 Å². The highest BCUT2D eigenvalue weighted by molar-refractivity contribution is 7.89. The molecule has 0 unspecified atom stereocenters. The molecule has 1 aromatic heterocycles. The number of nitrogens with one attached hydrogen (secondary N) is 1. The van der Waals surface area contributed by atoms with E-state index in [4.69, 9.17) is 5.11 Å². The molecule has 0 spiro atoms. The Balaban J connectivity index is 2.28. The summed E-state index contributed by atoms with van der Waals surface area (Å²) in [5.41, 5.74) is 1.13. The molecular weight excluding hydrogens is 222 g/mol. The molecule has 80 valence electrons. The van der Waals surface area contributed by atoms with Gasteiger partial charge in [0.05, 0.1) is 12.4 Å². The maximum atomic E-state index is 11.1. The molecule has 1 rings (SSSR count).